The predicted octanol–water partition coefficient (Wildman–Crippen LogP) is 4.16. The molecule has 1 aromatic carbocycles. The molecule has 1 fully saturated rings. The number of ether oxygens (including phenoxy) is 2. The highest BCUT2D eigenvalue weighted by atomic mass is 16.5. The molecule has 212 valence electrons. The lowest BCUT2D eigenvalue weighted by atomic mass is 10.0. The second-order valence-electron chi connectivity index (χ2n) is 10.1. The Labute approximate surface area is 238 Å². The van der Waals surface area contributed by atoms with Crippen LogP contribution >= 0.6 is 0 Å². The van der Waals surface area contributed by atoms with E-state index in [-0.39, 0.29) is 0 Å². The Morgan fingerprint density at radius 1 is 0.976 bits per heavy atom. The second-order valence-corrected chi connectivity index (χ2v) is 10.1. The number of aromatic nitrogens is 5. The molecular weight excluding hydrogens is 520 g/mol. The summed E-state index contributed by atoms with van der Waals surface area (Å²) in [6.45, 7) is 4.05. The lowest BCUT2D eigenvalue weighted by molar-refractivity contribution is 0.190. The second kappa shape index (κ2) is 12.4. The first-order chi connectivity index (χ1) is 20.2. The molecule has 1 aliphatic heterocycles. The van der Waals surface area contributed by atoms with Gasteiger partial charge in [0.25, 0.3) is 0 Å². The highest BCUT2D eigenvalue weighted by Gasteiger charge is 2.22. The number of piperidine rings is 1. The zero-order valence-electron chi connectivity index (χ0n) is 23.3. The Balaban J connectivity index is 1.16. The number of benzene rings is 1. The molecule has 1 aliphatic rings. The SMILES string of the molecule is COc1ccc(CNc2ncc(CN3CCC(NCc4ccccn4)CC3)c3nc(-c4ccco4)nn23)cc1OC. The number of fused-ring (bicyclic) bond motifs is 1. The summed E-state index contributed by atoms with van der Waals surface area (Å²) in [5.74, 6) is 3.10. The van der Waals surface area contributed by atoms with Gasteiger partial charge in [0.05, 0.1) is 26.2 Å². The summed E-state index contributed by atoms with van der Waals surface area (Å²) in [5, 5.41) is 11.8. The van der Waals surface area contributed by atoms with Gasteiger partial charge in [0.15, 0.2) is 22.9 Å². The van der Waals surface area contributed by atoms with Gasteiger partial charge in [-0.1, -0.05) is 12.1 Å². The van der Waals surface area contributed by atoms with E-state index in [4.69, 9.17) is 29.0 Å². The van der Waals surface area contributed by atoms with Gasteiger partial charge in [0.2, 0.25) is 11.8 Å². The number of likely N-dealkylation sites (tertiary alicyclic amines) is 1. The molecule has 0 saturated carbocycles. The summed E-state index contributed by atoms with van der Waals surface area (Å²) >= 11 is 0. The maximum absolute atomic E-state index is 5.60. The molecule has 11 nitrogen and oxygen atoms in total. The topological polar surface area (TPSA) is 115 Å². The van der Waals surface area contributed by atoms with Crippen LogP contribution in [0.25, 0.3) is 17.2 Å². The maximum atomic E-state index is 5.60. The summed E-state index contributed by atoms with van der Waals surface area (Å²) in [5.41, 5.74) is 3.87. The van der Waals surface area contributed by atoms with Gasteiger partial charge < -0.3 is 24.5 Å². The molecule has 0 amide bonds. The van der Waals surface area contributed by atoms with Gasteiger partial charge in [-0.15, -0.1) is 5.10 Å². The lowest BCUT2D eigenvalue weighted by Gasteiger charge is -2.32. The van der Waals surface area contributed by atoms with Crippen LogP contribution in [0.1, 0.15) is 29.7 Å². The smallest absolute Gasteiger partial charge is 0.226 e. The fourth-order valence-corrected chi connectivity index (χ4v) is 5.12. The van der Waals surface area contributed by atoms with Crippen molar-refractivity contribution in [3.05, 3.63) is 84.0 Å². The van der Waals surface area contributed by atoms with E-state index in [0.717, 1.165) is 61.5 Å². The van der Waals surface area contributed by atoms with Gasteiger partial charge >= 0.3 is 0 Å². The number of hydrogen-bond acceptors (Lipinski definition) is 10. The fourth-order valence-electron chi connectivity index (χ4n) is 5.12. The molecule has 0 radical (unpaired) electrons. The average molecular weight is 555 g/mol. The number of nitrogens with zero attached hydrogens (tertiary/aromatic N) is 6. The van der Waals surface area contributed by atoms with Crippen LogP contribution in [-0.2, 0) is 19.6 Å². The Morgan fingerprint density at radius 3 is 2.61 bits per heavy atom. The van der Waals surface area contributed by atoms with Crippen LogP contribution in [-0.4, -0.2) is 62.8 Å². The standard InChI is InChI=1S/C30H34N8O3/c1-39-25-9-8-21(16-27(25)40-2)17-33-30-34-18-22(29-35-28(36-38(29)30)26-7-5-15-41-26)20-37-13-10-23(11-14-37)32-19-24-6-3-4-12-31-24/h3-9,12,15-16,18,23,32H,10-11,13-14,17,19-20H2,1-2H3,(H,33,34). The molecule has 0 aliphatic carbocycles. The van der Waals surface area contributed by atoms with E-state index in [1.165, 1.54) is 0 Å². The highest BCUT2D eigenvalue weighted by Crippen LogP contribution is 2.28. The van der Waals surface area contributed by atoms with Crippen LogP contribution in [0.15, 0.2) is 71.6 Å². The zero-order chi connectivity index (χ0) is 28.0. The lowest BCUT2D eigenvalue weighted by Crippen LogP contribution is -2.42. The minimum Gasteiger partial charge on any atom is -0.493 e. The normalized spacial score (nSPS) is 14.4. The molecule has 0 bridgehead atoms. The molecule has 0 atom stereocenters. The number of methoxy groups -OCH3 is 2. The van der Waals surface area contributed by atoms with E-state index in [1.54, 1.807) is 25.0 Å². The van der Waals surface area contributed by atoms with Crippen LogP contribution in [0.2, 0.25) is 0 Å². The first-order valence-corrected chi connectivity index (χ1v) is 13.8. The largest absolute Gasteiger partial charge is 0.493 e. The summed E-state index contributed by atoms with van der Waals surface area (Å²) in [6, 6.07) is 16.0. The number of pyridine rings is 1. The first kappa shape index (κ1) is 26.7. The van der Waals surface area contributed by atoms with E-state index in [0.29, 0.717) is 41.6 Å². The Kier molecular flexibility index (Phi) is 8.06. The monoisotopic (exact) mass is 554 g/mol. The summed E-state index contributed by atoms with van der Waals surface area (Å²) in [6.07, 6.45) is 7.52. The Morgan fingerprint density at radius 2 is 1.85 bits per heavy atom. The van der Waals surface area contributed by atoms with Crippen molar-refractivity contribution in [2.45, 2.75) is 38.5 Å². The van der Waals surface area contributed by atoms with Crippen LogP contribution in [0, 0.1) is 0 Å². The van der Waals surface area contributed by atoms with E-state index in [9.17, 15) is 0 Å². The van der Waals surface area contributed by atoms with Gasteiger partial charge in [-0.25, -0.2) is 9.97 Å². The number of anilines is 1. The van der Waals surface area contributed by atoms with Crippen molar-refractivity contribution in [3.63, 3.8) is 0 Å². The average Bonchev–Trinajstić information content (AvgIpc) is 3.72. The number of furan rings is 1. The third-order valence-electron chi connectivity index (χ3n) is 7.36. The van der Waals surface area contributed by atoms with Crippen molar-refractivity contribution in [2.24, 2.45) is 0 Å². The molecule has 1 saturated heterocycles. The molecule has 0 spiro atoms. The summed E-state index contributed by atoms with van der Waals surface area (Å²) < 4.78 is 18.2. The molecule has 5 heterocycles. The number of rotatable bonds is 11. The fraction of sp³-hybridized carbons (Fsp3) is 0.333. The zero-order valence-corrected chi connectivity index (χ0v) is 23.3. The van der Waals surface area contributed by atoms with Crippen LogP contribution < -0.4 is 20.1 Å². The van der Waals surface area contributed by atoms with Crippen molar-refractivity contribution < 1.29 is 13.9 Å². The molecule has 0 unspecified atom stereocenters. The number of nitrogens with one attached hydrogen (secondary N) is 2. The van der Waals surface area contributed by atoms with Gasteiger partial charge in [-0.3, -0.25) is 9.88 Å². The minimum absolute atomic E-state index is 0.480. The molecule has 4 aromatic heterocycles. The Hall–Kier alpha value is -4.48. The van der Waals surface area contributed by atoms with Gasteiger partial charge in [0, 0.05) is 43.6 Å². The summed E-state index contributed by atoms with van der Waals surface area (Å²) in [4.78, 5) is 16.5. The quantitative estimate of drug-likeness (QED) is 0.247. The van der Waals surface area contributed by atoms with Crippen LogP contribution in [0.4, 0.5) is 5.95 Å². The third-order valence-corrected chi connectivity index (χ3v) is 7.36. The third kappa shape index (κ3) is 6.16. The van der Waals surface area contributed by atoms with Crippen molar-refractivity contribution in [3.8, 4) is 23.1 Å². The minimum atomic E-state index is 0.480. The van der Waals surface area contributed by atoms with Crippen LogP contribution in [0.5, 0.6) is 11.5 Å². The van der Waals surface area contributed by atoms with E-state index in [1.807, 2.05) is 54.9 Å². The van der Waals surface area contributed by atoms with E-state index < -0.39 is 0 Å². The van der Waals surface area contributed by atoms with E-state index in [2.05, 4.69) is 26.6 Å². The molecule has 41 heavy (non-hydrogen) atoms. The van der Waals surface area contributed by atoms with Crippen molar-refractivity contribution in [1.82, 2.24) is 34.8 Å². The van der Waals surface area contributed by atoms with E-state index >= 15 is 0 Å². The molecule has 2 N–H and O–H groups in total. The molecule has 6 rings (SSSR count). The molecule has 5 aromatic rings. The van der Waals surface area contributed by atoms with Gasteiger partial charge in [-0.2, -0.15) is 4.52 Å². The highest BCUT2D eigenvalue weighted by molar-refractivity contribution is 5.58. The summed E-state index contributed by atoms with van der Waals surface area (Å²) in [7, 11) is 3.26. The van der Waals surface area contributed by atoms with Crippen molar-refractivity contribution in [2.75, 3.05) is 32.6 Å². The predicted molar refractivity (Wildman–Crippen MR) is 155 cm³/mol. The first-order valence-electron chi connectivity index (χ1n) is 13.8. The Bertz CT molecular complexity index is 1560. The maximum Gasteiger partial charge on any atom is 0.226 e. The van der Waals surface area contributed by atoms with Crippen molar-refractivity contribution in [1.29, 1.82) is 0 Å². The van der Waals surface area contributed by atoms with Crippen LogP contribution in [0.3, 0.4) is 0 Å². The molecular formula is C30H34N8O3. The van der Waals surface area contributed by atoms with Gasteiger partial charge in [-0.05, 0) is 67.9 Å². The molecule has 11 heteroatoms. The van der Waals surface area contributed by atoms with Gasteiger partial charge in [0.1, 0.15) is 0 Å². The van der Waals surface area contributed by atoms with Crippen molar-refractivity contribution >= 4 is 11.6 Å². The number of hydrogen-bond donors (Lipinski definition) is 2.